The van der Waals surface area contributed by atoms with Gasteiger partial charge in [0.25, 0.3) is 0 Å². The zero-order valence-corrected chi connectivity index (χ0v) is 9.58. The van der Waals surface area contributed by atoms with E-state index in [1.165, 1.54) is 0 Å². The molecule has 1 atom stereocenters. The molecule has 1 unspecified atom stereocenters. The molecule has 0 aromatic rings. The summed E-state index contributed by atoms with van der Waals surface area (Å²) in [5.74, 6) is 0.754. The molecule has 14 heavy (non-hydrogen) atoms. The molecule has 0 spiro atoms. The quantitative estimate of drug-likeness (QED) is 0.640. The SMILES string of the molecule is CCCOC(=O)CC(CN)CC(C)C. The van der Waals surface area contributed by atoms with Crippen LogP contribution in [0.3, 0.4) is 0 Å². The maximum atomic E-state index is 11.3. The average Bonchev–Trinajstić information content (AvgIpc) is 2.12. The van der Waals surface area contributed by atoms with Gasteiger partial charge < -0.3 is 10.5 Å². The van der Waals surface area contributed by atoms with Crippen LogP contribution in [0.15, 0.2) is 0 Å². The lowest BCUT2D eigenvalue weighted by molar-refractivity contribution is -0.144. The van der Waals surface area contributed by atoms with Crippen molar-refractivity contribution in [3.05, 3.63) is 0 Å². The second-order valence-electron chi connectivity index (χ2n) is 4.16. The molecule has 0 radical (unpaired) electrons. The zero-order valence-electron chi connectivity index (χ0n) is 9.58. The summed E-state index contributed by atoms with van der Waals surface area (Å²) in [5.41, 5.74) is 5.59. The Morgan fingerprint density at radius 1 is 1.43 bits per heavy atom. The van der Waals surface area contributed by atoms with Gasteiger partial charge in [-0.15, -0.1) is 0 Å². The van der Waals surface area contributed by atoms with E-state index >= 15 is 0 Å². The maximum Gasteiger partial charge on any atom is 0.306 e. The van der Waals surface area contributed by atoms with E-state index < -0.39 is 0 Å². The van der Waals surface area contributed by atoms with E-state index in [0.717, 1.165) is 12.8 Å². The fourth-order valence-corrected chi connectivity index (χ4v) is 1.44. The molecule has 0 aliphatic carbocycles. The first-order valence-corrected chi connectivity index (χ1v) is 5.45. The molecule has 0 fully saturated rings. The highest BCUT2D eigenvalue weighted by atomic mass is 16.5. The third-order valence-electron chi connectivity index (χ3n) is 2.06. The van der Waals surface area contributed by atoms with Crippen molar-refractivity contribution in [2.45, 2.75) is 40.0 Å². The van der Waals surface area contributed by atoms with Gasteiger partial charge in [0.05, 0.1) is 6.61 Å². The number of hydrogen-bond donors (Lipinski definition) is 1. The van der Waals surface area contributed by atoms with Gasteiger partial charge in [-0.2, -0.15) is 0 Å². The molecule has 0 aromatic heterocycles. The van der Waals surface area contributed by atoms with Crippen LogP contribution in [-0.4, -0.2) is 19.1 Å². The van der Waals surface area contributed by atoms with Gasteiger partial charge in [-0.25, -0.2) is 0 Å². The van der Waals surface area contributed by atoms with Gasteiger partial charge in [0.1, 0.15) is 0 Å². The molecular formula is C11H23NO2. The van der Waals surface area contributed by atoms with Crippen LogP contribution < -0.4 is 5.73 Å². The summed E-state index contributed by atoms with van der Waals surface area (Å²) >= 11 is 0. The minimum Gasteiger partial charge on any atom is -0.466 e. The number of ether oxygens (including phenoxy) is 1. The van der Waals surface area contributed by atoms with Gasteiger partial charge in [-0.05, 0) is 31.2 Å². The van der Waals surface area contributed by atoms with Crippen LogP contribution in [-0.2, 0) is 9.53 Å². The molecule has 0 saturated heterocycles. The van der Waals surface area contributed by atoms with E-state index in [4.69, 9.17) is 10.5 Å². The number of esters is 1. The van der Waals surface area contributed by atoms with Crippen LogP contribution in [0.25, 0.3) is 0 Å². The van der Waals surface area contributed by atoms with Crippen molar-refractivity contribution in [3.63, 3.8) is 0 Å². The Kier molecular flexibility index (Phi) is 7.48. The summed E-state index contributed by atoms with van der Waals surface area (Å²) in [5, 5.41) is 0. The van der Waals surface area contributed by atoms with Gasteiger partial charge in [0, 0.05) is 6.42 Å². The van der Waals surface area contributed by atoms with Crippen molar-refractivity contribution in [3.8, 4) is 0 Å². The predicted molar refractivity (Wildman–Crippen MR) is 57.9 cm³/mol. The first-order valence-electron chi connectivity index (χ1n) is 5.45. The van der Waals surface area contributed by atoms with Crippen LogP contribution in [0.2, 0.25) is 0 Å². The molecule has 0 heterocycles. The second-order valence-corrected chi connectivity index (χ2v) is 4.16. The molecule has 0 amide bonds. The summed E-state index contributed by atoms with van der Waals surface area (Å²) in [7, 11) is 0. The van der Waals surface area contributed by atoms with Gasteiger partial charge >= 0.3 is 5.97 Å². The molecule has 2 N–H and O–H groups in total. The highest BCUT2D eigenvalue weighted by molar-refractivity contribution is 5.69. The van der Waals surface area contributed by atoms with Crippen molar-refractivity contribution in [1.29, 1.82) is 0 Å². The summed E-state index contributed by atoms with van der Waals surface area (Å²) in [4.78, 5) is 11.3. The van der Waals surface area contributed by atoms with Crippen molar-refractivity contribution in [2.24, 2.45) is 17.6 Å². The number of hydrogen-bond acceptors (Lipinski definition) is 3. The fourth-order valence-electron chi connectivity index (χ4n) is 1.44. The van der Waals surface area contributed by atoms with E-state index in [0.29, 0.717) is 25.5 Å². The van der Waals surface area contributed by atoms with Crippen LogP contribution in [0.1, 0.15) is 40.0 Å². The van der Waals surface area contributed by atoms with E-state index in [9.17, 15) is 4.79 Å². The first kappa shape index (κ1) is 13.4. The minimum absolute atomic E-state index is 0.108. The number of carbonyl (C=O) groups excluding carboxylic acids is 1. The molecule has 0 bridgehead atoms. The fraction of sp³-hybridized carbons (Fsp3) is 0.909. The zero-order chi connectivity index (χ0) is 11.0. The normalized spacial score (nSPS) is 12.9. The molecule has 3 heteroatoms. The monoisotopic (exact) mass is 201 g/mol. The van der Waals surface area contributed by atoms with Crippen molar-refractivity contribution in [2.75, 3.05) is 13.2 Å². The molecule has 0 aliphatic rings. The smallest absolute Gasteiger partial charge is 0.306 e. The molecular weight excluding hydrogens is 178 g/mol. The van der Waals surface area contributed by atoms with Crippen molar-refractivity contribution < 1.29 is 9.53 Å². The molecule has 0 rings (SSSR count). The summed E-state index contributed by atoms with van der Waals surface area (Å²) in [6.45, 7) is 7.36. The lowest BCUT2D eigenvalue weighted by atomic mass is 9.94. The third kappa shape index (κ3) is 6.89. The molecule has 0 aromatic carbocycles. The van der Waals surface area contributed by atoms with Crippen molar-refractivity contribution >= 4 is 5.97 Å². The van der Waals surface area contributed by atoms with Gasteiger partial charge in [-0.1, -0.05) is 20.8 Å². The van der Waals surface area contributed by atoms with Crippen LogP contribution in [0, 0.1) is 11.8 Å². The van der Waals surface area contributed by atoms with E-state index in [1.54, 1.807) is 0 Å². The highest BCUT2D eigenvalue weighted by Gasteiger charge is 2.14. The third-order valence-corrected chi connectivity index (χ3v) is 2.06. The van der Waals surface area contributed by atoms with Gasteiger partial charge in [-0.3, -0.25) is 4.79 Å². The molecule has 84 valence electrons. The minimum atomic E-state index is -0.108. The summed E-state index contributed by atoms with van der Waals surface area (Å²) in [6.07, 6.45) is 2.34. The standard InChI is InChI=1S/C11H23NO2/c1-4-5-14-11(13)7-10(8-12)6-9(2)3/h9-10H,4-8,12H2,1-3H3. The van der Waals surface area contributed by atoms with Crippen LogP contribution in [0.4, 0.5) is 0 Å². The Labute approximate surface area is 87.0 Å². The topological polar surface area (TPSA) is 52.3 Å². The van der Waals surface area contributed by atoms with E-state index in [-0.39, 0.29) is 11.9 Å². The molecule has 0 aliphatic heterocycles. The van der Waals surface area contributed by atoms with Crippen LogP contribution in [0.5, 0.6) is 0 Å². The Morgan fingerprint density at radius 2 is 2.07 bits per heavy atom. The Morgan fingerprint density at radius 3 is 2.50 bits per heavy atom. The summed E-state index contributed by atoms with van der Waals surface area (Å²) < 4.78 is 5.01. The number of rotatable bonds is 7. The Bertz CT molecular complexity index is 157. The van der Waals surface area contributed by atoms with Crippen LogP contribution >= 0.6 is 0 Å². The van der Waals surface area contributed by atoms with E-state index in [2.05, 4.69) is 13.8 Å². The second kappa shape index (κ2) is 7.80. The summed E-state index contributed by atoms with van der Waals surface area (Å²) in [6, 6.07) is 0. The number of nitrogens with two attached hydrogens (primary N) is 1. The Hall–Kier alpha value is -0.570. The largest absolute Gasteiger partial charge is 0.466 e. The van der Waals surface area contributed by atoms with Gasteiger partial charge in [0.15, 0.2) is 0 Å². The van der Waals surface area contributed by atoms with Crippen molar-refractivity contribution in [1.82, 2.24) is 0 Å². The highest BCUT2D eigenvalue weighted by Crippen LogP contribution is 2.14. The first-order chi connectivity index (χ1) is 6.60. The van der Waals surface area contributed by atoms with E-state index in [1.807, 2.05) is 6.92 Å². The molecule has 0 saturated carbocycles. The Balaban J connectivity index is 3.74. The maximum absolute atomic E-state index is 11.3. The average molecular weight is 201 g/mol. The lowest BCUT2D eigenvalue weighted by Gasteiger charge is -2.15. The predicted octanol–water partition coefficient (Wildman–Crippen LogP) is 1.95. The lowest BCUT2D eigenvalue weighted by Crippen LogP contribution is -2.21. The van der Waals surface area contributed by atoms with Gasteiger partial charge in [0.2, 0.25) is 0 Å². The molecule has 3 nitrogen and oxygen atoms in total. The number of carbonyl (C=O) groups is 1.